The third kappa shape index (κ3) is 9.42. The summed E-state index contributed by atoms with van der Waals surface area (Å²) in [6.45, 7) is 9.19. The van der Waals surface area contributed by atoms with Crippen molar-refractivity contribution in [3.8, 4) is 0 Å². The number of hydrogen-bond donors (Lipinski definition) is 2. The molecule has 2 aliphatic rings. The Morgan fingerprint density at radius 1 is 0.655 bits per heavy atom. The van der Waals surface area contributed by atoms with Gasteiger partial charge in [0.2, 0.25) is 0 Å². The number of amides is 2. The van der Waals surface area contributed by atoms with Gasteiger partial charge >= 0.3 is 0 Å². The van der Waals surface area contributed by atoms with Crippen molar-refractivity contribution in [3.63, 3.8) is 0 Å². The molecule has 4 heterocycles. The van der Waals surface area contributed by atoms with Crippen LogP contribution >= 0.6 is 0 Å². The molecule has 0 atom stereocenters. The van der Waals surface area contributed by atoms with E-state index >= 15 is 0 Å². The Kier molecular flexibility index (Phi) is 12.9. The molecule has 2 saturated heterocycles. The highest BCUT2D eigenvalue weighted by Gasteiger charge is 2.32. The number of morpholine rings is 2. The topological polar surface area (TPSA) is 140 Å². The van der Waals surface area contributed by atoms with Gasteiger partial charge in [0.15, 0.2) is 0 Å². The number of nitrogens with zero attached hydrogens (tertiary/aromatic N) is 5. The van der Waals surface area contributed by atoms with Crippen LogP contribution in [0.2, 0.25) is 0 Å². The molecule has 290 valence electrons. The number of ether oxygens (including phenoxy) is 2. The molecule has 0 aliphatic carbocycles. The number of fused-ring (bicyclic) bond motifs is 2. The Bertz CT molecular complexity index is 2070. The lowest BCUT2D eigenvalue weighted by Gasteiger charge is -2.30. The third-order valence-corrected chi connectivity index (χ3v) is 10.9. The van der Waals surface area contributed by atoms with Crippen LogP contribution in [0.4, 0.5) is 5.69 Å². The smallest absolute Gasteiger partial charge is 0.282 e. The maximum Gasteiger partial charge on any atom is 0.282 e. The van der Waals surface area contributed by atoms with Gasteiger partial charge in [-0.05, 0) is 55.0 Å². The maximum absolute atomic E-state index is 14.8. The lowest BCUT2D eigenvalue weighted by atomic mass is 10.0. The molecule has 0 unspecified atom stereocenters. The summed E-state index contributed by atoms with van der Waals surface area (Å²) >= 11 is 0. The van der Waals surface area contributed by atoms with Crippen molar-refractivity contribution in [3.05, 3.63) is 111 Å². The second-order valence-corrected chi connectivity index (χ2v) is 14.4. The van der Waals surface area contributed by atoms with Gasteiger partial charge in [-0.1, -0.05) is 42.5 Å². The number of nitro groups is 1. The van der Waals surface area contributed by atoms with E-state index in [1.54, 1.807) is 15.9 Å². The second kappa shape index (κ2) is 18.5. The fraction of sp³-hybridized carbons (Fsp3) is 0.429. The number of nitrogens with one attached hydrogen (secondary N) is 2. The molecule has 5 aromatic rings. The standard InChI is InChI=1S/C42H51N7O6/c50-41(47(18-6-16-45-22-26-54-27-23-45)20-14-32-30-43-37-11-3-1-8-34(32)37)36-10-5-13-39(49(52)53)40(36)42(51)48(19-7-17-46-24-28-55-29-25-46)21-15-33-31-44-38-12-4-2-9-35(33)38/h1-5,8-13,30-31,43-44H,6-7,14-29H2. The minimum Gasteiger partial charge on any atom is -0.379 e. The summed E-state index contributed by atoms with van der Waals surface area (Å²) in [6, 6.07) is 20.5. The molecular weight excluding hydrogens is 699 g/mol. The molecule has 7 rings (SSSR count). The lowest BCUT2D eigenvalue weighted by Crippen LogP contribution is -2.41. The summed E-state index contributed by atoms with van der Waals surface area (Å²) < 4.78 is 11.1. The van der Waals surface area contributed by atoms with Crippen molar-refractivity contribution in [2.24, 2.45) is 0 Å². The van der Waals surface area contributed by atoms with Gasteiger partial charge in [0, 0.05) is 106 Å². The molecule has 2 amide bonds. The summed E-state index contributed by atoms with van der Waals surface area (Å²) in [5, 5.41) is 14.8. The number of hydrogen-bond acceptors (Lipinski definition) is 8. The minimum atomic E-state index is -0.537. The van der Waals surface area contributed by atoms with Crippen molar-refractivity contribution in [1.82, 2.24) is 29.6 Å². The first-order chi connectivity index (χ1) is 27.0. The highest BCUT2D eigenvalue weighted by atomic mass is 16.6. The molecule has 0 radical (unpaired) electrons. The Balaban J connectivity index is 1.16. The van der Waals surface area contributed by atoms with E-state index in [4.69, 9.17) is 9.47 Å². The zero-order valence-electron chi connectivity index (χ0n) is 31.4. The van der Waals surface area contributed by atoms with Crippen molar-refractivity contribution in [1.29, 1.82) is 0 Å². The van der Waals surface area contributed by atoms with Crippen LogP contribution in [0.1, 0.15) is 44.7 Å². The highest BCUT2D eigenvalue weighted by Crippen LogP contribution is 2.27. The zero-order chi connectivity index (χ0) is 38.0. The van der Waals surface area contributed by atoms with Gasteiger partial charge in [-0.25, -0.2) is 0 Å². The van der Waals surface area contributed by atoms with Crippen LogP contribution in [0.15, 0.2) is 79.1 Å². The normalized spacial score (nSPS) is 15.4. The first kappa shape index (κ1) is 38.2. The van der Waals surface area contributed by atoms with Crippen LogP contribution in [0.3, 0.4) is 0 Å². The van der Waals surface area contributed by atoms with Gasteiger partial charge in [0.05, 0.1) is 36.9 Å². The molecule has 13 heteroatoms. The zero-order valence-corrected chi connectivity index (χ0v) is 31.4. The van der Waals surface area contributed by atoms with Crippen molar-refractivity contribution < 1.29 is 24.0 Å². The maximum atomic E-state index is 14.8. The number of carbonyl (C=O) groups is 2. The molecule has 2 aromatic heterocycles. The number of aromatic amines is 2. The average molecular weight is 750 g/mol. The molecule has 3 aromatic carbocycles. The third-order valence-electron chi connectivity index (χ3n) is 10.9. The molecule has 55 heavy (non-hydrogen) atoms. The lowest BCUT2D eigenvalue weighted by molar-refractivity contribution is -0.385. The van der Waals surface area contributed by atoms with Crippen LogP contribution in [0.5, 0.6) is 0 Å². The van der Waals surface area contributed by atoms with E-state index in [0.29, 0.717) is 71.9 Å². The Hall–Kier alpha value is -5.08. The van der Waals surface area contributed by atoms with Gasteiger partial charge in [-0.15, -0.1) is 0 Å². The van der Waals surface area contributed by atoms with Gasteiger partial charge < -0.3 is 29.2 Å². The van der Waals surface area contributed by atoms with Gasteiger partial charge in [0.1, 0.15) is 5.56 Å². The predicted octanol–water partition coefficient (Wildman–Crippen LogP) is 5.37. The van der Waals surface area contributed by atoms with E-state index < -0.39 is 10.8 Å². The predicted molar refractivity (Wildman–Crippen MR) is 213 cm³/mol. The second-order valence-electron chi connectivity index (χ2n) is 14.4. The van der Waals surface area contributed by atoms with Crippen molar-refractivity contribution in [2.45, 2.75) is 25.7 Å². The molecule has 0 bridgehead atoms. The summed E-state index contributed by atoms with van der Waals surface area (Å²) in [5.41, 5.74) is 3.74. The summed E-state index contributed by atoms with van der Waals surface area (Å²) in [5.74, 6) is -0.874. The van der Waals surface area contributed by atoms with E-state index in [9.17, 15) is 19.7 Å². The van der Waals surface area contributed by atoms with Crippen LogP contribution in [-0.4, -0.2) is 138 Å². The molecule has 2 aliphatic heterocycles. The molecule has 2 fully saturated rings. The van der Waals surface area contributed by atoms with Gasteiger partial charge in [-0.2, -0.15) is 0 Å². The fourth-order valence-electron chi connectivity index (χ4n) is 7.86. The summed E-state index contributed by atoms with van der Waals surface area (Å²) in [6.07, 6.45) is 6.48. The highest BCUT2D eigenvalue weighted by molar-refractivity contribution is 6.10. The Morgan fingerprint density at radius 2 is 1.15 bits per heavy atom. The largest absolute Gasteiger partial charge is 0.379 e. The van der Waals surface area contributed by atoms with E-state index in [2.05, 4.69) is 31.9 Å². The van der Waals surface area contributed by atoms with Crippen LogP contribution in [0, 0.1) is 10.1 Å². The van der Waals surface area contributed by atoms with Gasteiger partial charge in [0.25, 0.3) is 17.5 Å². The van der Waals surface area contributed by atoms with Crippen LogP contribution < -0.4 is 0 Å². The van der Waals surface area contributed by atoms with E-state index in [1.807, 2.05) is 48.8 Å². The van der Waals surface area contributed by atoms with Gasteiger partial charge in [-0.3, -0.25) is 29.5 Å². The monoisotopic (exact) mass is 749 g/mol. The summed E-state index contributed by atoms with van der Waals surface area (Å²) in [4.78, 5) is 56.4. The Labute approximate surface area is 321 Å². The van der Waals surface area contributed by atoms with Crippen molar-refractivity contribution in [2.75, 3.05) is 91.9 Å². The van der Waals surface area contributed by atoms with E-state index in [0.717, 1.165) is 78.6 Å². The van der Waals surface area contributed by atoms with Crippen molar-refractivity contribution >= 4 is 39.3 Å². The molecule has 0 spiro atoms. The van der Waals surface area contributed by atoms with E-state index in [1.165, 1.54) is 12.1 Å². The molecule has 13 nitrogen and oxygen atoms in total. The van der Waals surface area contributed by atoms with E-state index in [-0.39, 0.29) is 22.7 Å². The molecular formula is C42H51N7O6. The summed E-state index contributed by atoms with van der Waals surface area (Å²) in [7, 11) is 0. The Morgan fingerprint density at radius 3 is 1.65 bits per heavy atom. The quantitative estimate of drug-likeness (QED) is 0.0956. The van der Waals surface area contributed by atoms with Crippen LogP contribution in [-0.2, 0) is 22.3 Å². The molecule has 0 saturated carbocycles. The molecule has 2 N–H and O–H groups in total. The number of rotatable bonds is 17. The number of H-pyrrole nitrogens is 2. The first-order valence-corrected chi connectivity index (χ1v) is 19.5. The first-order valence-electron chi connectivity index (χ1n) is 19.5. The number of para-hydroxylation sites is 2. The fourth-order valence-corrected chi connectivity index (χ4v) is 7.86. The van der Waals surface area contributed by atoms with Crippen LogP contribution in [0.25, 0.3) is 21.8 Å². The number of aromatic nitrogens is 2. The number of carbonyl (C=O) groups excluding carboxylic acids is 2. The SMILES string of the molecule is O=C(c1cccc([N+](=O)[O-])c1C(=O)N(CCCN1CCOCC1)CCc1c[nH]c2ccccc12)N(CCCN1CCOCC1)CCc1c[nH]c2ccccc12. The minimum absolute atomic E-state index is 0.0646. The number of benzene rings is 3. The number of nitro benzene ring substituents is 1. The average Bonchev–Trinajstić information content (AvgIpc) is 3.84.